The van der Waals surface area contributed by atoms with Gasteiger partial charge in [-0.2, -0.15) is 5.10 Å². The van der Waals surface area contributed by atoms with Crippen LogP contribution >= 0.6 is 0 Å². The summed E-state index contributed by atoms with van der Waals surface area (Å²) in [5.74, 6) is 6.54. The summed E-state index contributed by atoms with van der Waals surface area (Å²) in [4.78, 5) is 24.9. The Labute approximate surface area is 145 Å². The third-order valence-corrected chi connectivity index (χ3v) is 4.09. The number of hydrogen-bond acceptors (Lipinski definition) is 4. The highest BCUT2D eigenvalue weighted by molar-refractivity contribution is 6.09. The molecule has 0 spiro atoms. The number of nitrogens with one attached hydrogen (secondary N) is 1. The maximum Gasteiger partial charge on any atom is 0.329 e. The van der Waals surface area contributed by atoms with Gasteiger partial charge in [-0.05, 0) is 25.0 Å². The minimum Gasteiger partial charge on any atom is -0.396 e. The van der Waals surface area contributed by atoms with E-state index in [1.807, 2.05) is 25.2 Å². The maximum absolute atomic E-state index is 12.1. The van der Waals surface area contributed by atoms with Crippen LogP contribution in [0.15, 0.2) is 18.2 Å². The number of aliphatic hydroxyl groups excluding tert-OH is 1. The first-order chi connectivity index (χ1) is 12.1. The molecule has 3 amide bonds. The van der Waals surface area contributed by atoms with E-state index < -0.39 is 6.03 Å². The molecule has 130 valence electrons. The molecule has 1 aliphatic rings. The van der Waals surface area contributed by atoms with Gasteiger partial charge in [-0.1, -0.05) is 17.9 Å². The van der Waals surface area contributed by atoms with Gasteiger partial charge in [0.15, 0.2) is 5.82 Å². The second-order valence-electron chi connectivity index (χ2n) is 5.89. The van der Waals surface area contributed by atoms with Gasteiger partial charge in [-0.25, -0.2) is 4.79 Å². The number of hydrogen-bond donors (Lipinski definition) is 2. The van der Waals surface area contributed by atoms with Gasteiger partial charge in [0.05, 0.1) is 11.1 Å². The van der Waals surface area contributed by atoms with Gasteiger partial charge in [0.25, 0.3) is 0 Å². The summed E-state index contributed by atoms with van der Waals surface area (Å²) >= 11 is 0. The van der Waals surface area contributed by atoms with Crippen molar-refractivity contribution in [3.8, 4) is 11.8 Å². The Morgan fingerprint density at radius 2 is 2.16 bits per heavy atom. The molecule has 7 heteroatoms. The van der Waals surface area contributed by atoms with Crippen molar-refractivity contribution in [1.82, 2.24) is 15.1 Å². The number of rotatable bonds is 4. The molecule has 1 aromatic carbocycles. The molecule has 2 N–H and O–H groups in total. The van der Waals surface area contributed by atoms with E-state index in [0.29, 0.717) is 12.4 Å². The lowest BCUT2D eigenvalue weighted by atomic mass is 10.1. The number of unbranched alkanes of at least 4 members (excludes halogenated alkanes) is 2. The molecule has 0 atom stereocenters. The van der Waals surface area contributed by atoms with Gasteiger partial charge in [0.2, 0.25) is 5.91 Å². The van der Waals surface area contributed by atoms with Crippen LogP contribution in [0.25, 0.3) is 10.9 Å². The molecule has 0 saturated carbocycles. The SMILES string of the molecule is Cn1nc(N2CCC(=O)NC2=O)c2cccc(C#CCCCCO)c21. The van der Waals surface area contributed by atoms with Crippen LogP contribution in [-0.4, -0.2) is 40.0 Å². The van der Waals surface area contributed by atoms with Crippen LogP contribution in [0.5, 0.6) is 0 Å². The van der Waals surface area contributed by atoms with E-state index in [2.05, 4.69) is 22.3 Å². The number of urea groups is 1. The lowest BCUT2D eigenvalue weighted by Crippen LogP contribution is -2.49. The van der Waals surface area contributed by atoms with E-state index in [9.17, 15) is 9.59 Å². The molecule has 0 radical (unpaired) electrons. The summed E-state index contributed by atoms with van der Waals surface area (Å²) in [5.41, 5.74) is 1.70. The number of nitrogens with zero attached hydrogens (tertiary/aromatic N) is 3. The molecule has 0 unspecified atom stereocenters. The predicted octanol–water partition coefficient (Wildman–Crippen LogP) is 1.53. The summed E-state index contributed by atoms with van der Waals surface area (Å²) in [6.45, 7) is 0.497. The van der Waals surface area contributed by atoms with Crippen LogP contribution in [0.4, 0.5) is 10.6 Å². The lowest BCUT2D eigenvalue weighted by molar-refractivity contribution is -0.120. The monoisotopic (exact) mass is 340 g/mol. The summed E-state index contributed by atoms with van der Waals surface area (Å²) < 4.78 is 1.71. The molecular weight excluding hydrogens is 320 g/mol. The van der Waals surface area contributed by atoms with Crippen molar-refractivity contribution in [2.24, 2.45) is 7.05 Å². The van der Waals surface area contributed by atoms with Crippen molar-refractivity contribution in [2.45, 2.75) is 25.7 Å². The number of fused-ring (bicyclic) bond motifs is 1. The predicted molar refractivity (Wildman–Crippen MR) is 94.0 cm³/mol. The largest absolute Gasteiger partial charge is 0.396 e. The van der Waals surface area contributed by atoms with Crippen molar-refractivity contribution < 1.29 is 14.7 Å². The quantitative estimate of drug-likeness (QED) is 0.653. The number of amides is 3. The minimum absolute atomic E-state index is 0.183. The molecular formula is C18H20N4O3. The number of benzene rings is 1. The average Bonchev–Trinajstić information content (AvgIpc) is 2.92. The summed E-state index contributed by atoms with van der Waals surface area (Å²) in [5, 5.41) is 16.4. The van der Waals surface area contributed by atoms with E-state index in [4.69, 9.17) is 5.11 Å². The Kier molecular flexibility index (Phi) is 5.00. The smallest absolute Gasteiger partial charge is 0.329 e. The molecule has 2 aromatic rings. The second-order valence-corrected chi connectivity index (χ2v) is 5.89. The standard InChI is InChI=1S/C18H20N4O3/c1-21-16-13(7-4-2-3-5-12-23)8-6-9-14(16)17(20-21)22-11-10-15(24)19-18(22)25/h6,8-9,23H,2-3,5,10-12H2,1H3,(H,19,24,25). The molecule has 1 aromatic heterocycles. The van der Waals surface area contributed by atoms with Gasteiger partial charge >= 0.3 is 6.03 Å². The van der Waals surface area contributed by atoms with Crippen molar-refractivity contribution in [3.05, 3.63) is 23.8 Å². The third-order valence-electron chi connectivity index (χ3n) is 4.09. The van der Waals surface area contributed by atoms with Crippen molar-refractivity contribution >= 4 is 28.7 Å². The molecule has 2 heterocycles. The summed E-state index contributed by atoms with van der Waals surface area (Å²) in [6.07, 6.45) is 2.59. The number of para-hydroxylation sites is 1. The highest BCUT2D eigenvalue weighted by Gasteiger charge is 2.28. The number of carbonyl (C=O) groups excluding carboxylic acids is 2. The molecule has 1 saturated heterocycles. The molecule has 1 aliphatic heterocycles. The number of anilines is 1. The van der Waals surface area contributed by atoms with Crippen LogP contribution in [0.2, 0.25) is 0 Å². The highest BCUT2D eigenvalue weighted by Crippen LogP contribution is 2.28. The fourth-order valence-electron chi connectivity index (χ4n) is 2.87. The fourth-order valence-corrected chi connectivity index (χ4v) is 2.87. The van der Waals surface area contributed by atoms with Gasteiger partial charge in [-0.15, -0.1) is 0 Å². The molecule has 1 fully saturated rings. The van der Waals surface area contributed by atoms with Crippen LogP contribution in [0.1, 0.15) is 31.2 Å². The maximum atomic E-state index is 12.1. The second kappa shape index (κ2) is 7.36. The Bertz CT molecular complexity index is 876. The molecule has 0 bridgehead atoms. The number of aliphatic hydroxyl groups is 1. The van der Waals surface area contributed by atoms with E-state index in [-0.39, 0.29) is 18.9 Å². The number of aryl methyl sites for hydroxylation is 1. The van der Waals surface area contributed by atoms with Crippen molar-refractivity contribution in [3.63, 3.8) is 0 Å². The van der Waals surface area contributed by atoms with Gasteiger partial charge < -0.3 is 5.11 Å². The van der Waals surface area contributed by atoms with E-state index >= 15 is 0 Å². The van der Waals surface area contributed by atoms with E-state index in [1.54, 1.807) is 4.68 Å². The van der Waals surface area contributed by atoms with Crippen LogP contribution in [0.3, 0.4) is 0 Å². The fraction of sp³-hybridized carbons (Fsp3) is 0.389. The third kappa shape index (κ3) is 3.49. The first-order valence-electron chi connectivity index (χ1n) is 8.28. The topological polar surface area (TPSA) is 87.5 Å². The Hall–Kier alpha value is -2.85. The van der Waals surface area contributed by atoms with Crippen LogP contribution < -0.4 is 10.2 Å². The Balaban J connectivity index is 1.94. The zero-order valence-corrected chi connectivity index (χ0v) is 14.1. The molecule has 25 heavy (non-hydrogen) atoms. The molecule has 7 nitrogen and oxygen atoms in total. The van der Waals surface area contributed by atoms with E-state index in [0.717, 1.165) is 35.7 Å². The van der Waals surface area contributed by atoms with Crippen molar-refractivity contribution in [1.29, 1.82) is 0 Å². The molecule has 3 rings (SSSR count). The number of imide groups is 1. The normalized spacial score (nSPS) is 14.4. The first kappa shape index (κ1) is 17.0. The highest BCUT2D eigenvalue weighted by atomic mass is 16.3. The summed E-state index contributed by atoms with van der Waals surface area (Å²) in [7, 11) is 1.82. The van der Waals surface area contributed by atoms with E-state index in [1.165, 1.54) is 4.90 Å². The lowest BCUT2D eigenvalue weighted by Gasteiger charge is -2.24. The molecule has 0 aliphatic carbocycles. The average molecular weight is 340 g/mol. The number of carbonyl (C=O) groups is 2. The zero-order chi connectivity index (χ0) is 17.8. The number of aromatic nitrogens is 2. The first-order valence-corrected chi connectivity index (χ1v) is 8.28. The van der Waals surface area contributed by atoms with Crippen LogP contribution in [-0.2, 0) is 11.8 Å². The van der Waals surface area contributed by atoms with Crippen molar-refractivity contribution in [2.75, 3.05) is 18.1 Å². The zero-order valence-electron chi connectivity index (χ0n) is 14.1. The summed E-state index contributed by atoms with van der Waals surface area (Å²) in [6, 6.07) is 5.26. The van der Waals surface area contributed by atoms with Gasteiger partial charge in [0.1, 0.15) is 0 Å². The Morgan fingerprint density at radius 1 is 1.32 bits per heavy atom. The van der Waals surface area contributed by atoms with Gasteiger partial charge in [0, 0.05) is 38.4 Å². The minimum atomic E-state index is -0.447. The van der Waals surface area contributed by atoms with Crippen LogP contribution in [0, 0.1) is 11.8 Å². The van der Waals surface area contributed by atoms with Gasteiger partial charge in [-0.3, -0.25) is 19.7 Å². The Morgan fingerprint density at radius 3 is 2.92 bits per heavy atom.